The molecule has 0 saturated carbocycles. The molecule has 0 amide bonds. The van der Waals surface area contributed by atoms with Crippen molar-refractivity contribution in [2.24, 2.45) is 0 Å². The Bertz CT molecular complexity index is 492. The lowest BCUT2D eigenvalue weighted by Crippen LogP contribution is -1.91. The van der Waals surface area contributed by atoms with Crippen molar-refractivity contribution < 1.29 is 9.15 Å². The second-order valence-corrected chi connectivity index (χ2v) is 3.46. The van der Waals surface area contributed by atoms with Gasteiger partial charge in [0.2, 0.25) is 0 Å². The van der Waals surface area contributed by atoms with Gasteiger partial charge in [0.15, 0.2) is 0 Å². The average molecular weight is 218 g/mol. The molecule has 0 aliphatic carbocycles. The number of rotatable bonds is 3. The highest BCUT2D eigenvalue weighted by Gasteiger charge is 2.10. The van der Waals surface area contributed by atoms with Crippen molar-refractivity contribution in [3.8, 4) is 17.0 Å². The van der Waals surface area contributed by atoms with Crippen LogP contribution in [-0.4, -0.2) is 12.1 Å². The number of nitrogens with zero attached hydrogens (tertiary/aromatic N) is 1. The van der Waals surface area contributed by atoms with Crippen LogP contribution in [0.3, 0.4) is 0 Å². The number of methoxy groups -OCH3 is 1. The van der Waals surface area contributed by atoms with Crippen LogP contribution in [0.1, 0.15) is 12.5 Å². The fourth-order valence-electron chi connectivity index (χ4n) is 1.59. The molecule has 0 saturated heterocycles. The van der Waals surface area contributed by atoms with E-state index < -0.39 is 0 Å². The third kappa shape index (κ3) is 1.86. The van der Waals surface area contributed by atoms with Crippen molar-refractivity contribution in [2.75, 3.05) is 12.8 Å². The van der Waals surface area contributed by atoms with Gasteiger partial charge in [-0.2, -0.15) is 4.98 Å². The Hall–Kier alpha value is -1.97. The summed E-state index contributed by atoms with van der Waals surface area (Å²) < 4.78 is 10.3. The Morgan fingerprint density at radius 1 is 1.44 bits per heavy atom. The molecule has 1 aromatic carbocycles. The van der Waals surface area contributed by atoms with Crippen molar-refractivity contribution in [2.45, 2.75) is 13.3 Å². The van der Waals surface area contributed by atoms with Gasteiger partial charge in [-0.05, 0) is 24.1 Å². The minimum Gasteiger partial charge on any atom is -0.496 e. The Morgan fingerprint density at radius 3 is 2.81 bits per heavy atom. The fourth-order valence-corrected chi connectivity index (χ4v) is 1.59. The number of aryl methyl sites for hydroxylation is 1. The fraction of sp³-hybridized carbons (Fsp3) is 0.250. The van der Waals surface area contributed by atoms with E-state index in [-0.39, 0.29) is 6.01 Å². The smallest absolute Gasteiger partial charge is 0.292 e. The van der Waals surface area contributed by atoms with Gasteiger partial charge in [-0.3, -0.25) is 0 Å². The molecule has 2 rings (SSSR count). The molecule has 16 heavy (non-hydrogen) atoms. The number of oxazole rings is 1. The Kier molecular flexibility index (Phi) is 2.81. The molecule has 0 fully saturated rings. The SMILES string of the molecule is CCc1ccc(OC)c(-c2coc(N)n2)c1. The quantitative estimate of drug-likeness (QED) is 0.859. The summed E-state index contributed by atoms with van der Waals surface area (Å²) in [5.74, 6) is 0.769. The standard InChI is InChI=1S/C12H14N2O2/c1-3-8-4-5-11(15-2)9(6-8)10-7-16-12(13)14-10/h4-7H,3H2,1-2H3,(H2,13,14). The maximum Gasteiger partial charge on any atom is 0.292 e. The third-order valence-corrected chi connectivity index (χ3v) is 2.47. The van der Waals surface area contributed by atoms with E-state index in [1.165, 1.54) is 11.8 Å². The van der Waals surface area contributed by atoms with Gasteiger partial charge in [-0.1, -0.05) is 13.0 Å². The molecule has 2 N–H and O–H groups in total. The molecule has 0 spiro atoms. The molecule has 2 aromatic rings. The van der Waals surface area contributed by atoms with E-state index in [1.54, 1.807) is 7.11 Å². The Labute approximate surface area is 94.1 Å². The zero-order chi connectivity index (χ0) is 11.5. The van der Waals surface area contributed by atoms with Crippen LogP contribution in [0.25, 0.3) is 11.3 Å². The summed E-state index contributed by atoms with van der Waals surface area (Å²) in [6, 6.07) is 6.17. The molecule has 0 bridgehead atoms. The van der Waals surface area contributed by atoms with Gasteiger partial charge < -0.3 is 14.9 Å². The summed E-state index contributed by atoms with van der Waals surface area (Å²) in [5, 5.41) is 0. The number of benzene rings is 1. The summed E-state index contributed by atoms with van der Waals surface area (Å²) in [5.41, 5.74) is 8.28. The summed E-state index contributed by atoms with van der Waals surface area (Å²) >= 11 is 0. The van der Waals surface area contributed by atoms with Crippen LogP contribution in [0.5, 0.6) is 5.75 Å². The molecule has 1 heterocycles. The monoisotopic (exact) mass is 218 g/mol. The number of nitrogens with two attached hydrogens (primary N) is 1. The molecule has 0 radical (unpaired) electrons. The predicted octanol–water partition coefficient (Wildman–Crippen LogP) is 2.49. The number of anilines is 1. The van der Waals surface area contributed by atoms with E-state index in [9.17, 15) is 0 Å². The highest BCUT2D eigenvalue weighted by atomic mass is 16.5. The molecule has 1 aromatic heterocycles. The van der Waals surface area contributed by atoms with Crippen LogP contribution >= 0.6 is 0 Å². The lowest BCUT2D eigenvalue weighted by Gasteiger charge is -2.07. The van der Waals surface area contributed by atoms with Crippen molar-refractivity contribution in [3.63, 3.8) is 0 Å². The van der Waals surface area contributed by atoms with E-state index in [1.807, 2.05) is 18.2 Å². The zero-order valence-electron chi connectivity index (χ0n) is 9.36. The zero-order valence-corrected chi connectivity index (χ0v) is 9.36. The lowest BCUT2D eigenvalue weighted by molar-refractivity contribution is 0.416. The molecule has 84 valence electrons. The largest absolute Gasteiger partial charge is 0.496 e. The van der Waals surface area contributed by atoms with Gasteiger partial charge >= 0.3 is 0 Å². The van der Waals surface area contributed by atoms with Crippen LogP contribution in [-0.2, 0) is 6.42 Å². The van der Waals surface area contributed by atoms with Gasteiger partial charge in [0, 0.05) is 5.56 Å². The topological polar surface area (TPSA) is 61.3 Å². The van der Waals surface area contributed by atoms with E-state index in [2.05, 4.69) is 11.9 Å². The molecule has 4 nitrogen and oxygen atoms in total. The summed E-state index contributed by atoms with van der Waals surface area (Å²) in [6.45, 7) is 2.10. The second kappa shape index (κ2) is 4.26. The molecule has 0 atom stereocenters. The molecular weight excluding hydrogens is 204 g/mol. The molecular formula is C12H14N2O2. The molecule has 0 aliphatic rings. The average Bonchev–Trinajstić information content (AvgIpc) is 2.75. The first-order valence-electron chi connectivity index (χ1n) is 5.13. The second-order valence-electron chi connectivity index (χ2n) is 3.46. The molecule has 4 heteroatoms. The first kappa shape index (κ1) is 10.5. The van der Waals surface area contributed by atoms with Crippen molar-refractivity contribution in [3.05, 3.63) is 30.0 Å². The van der Waals surface area contributed by atoms with E-state index in [0.717, 1.165) is 17.7 Å². The van der Waals surface area contributed by atoms with Gasteiger partial charge in [0.05, 0.1) is 7.11 Å². The van der Waals surface area contributed by atoms with E-state index in [0.29, 0.717) is 5.69 Å². The third-order valence-electron chi connectivity index (χ3n) is 2.47. The maximum absolute atomic E-state index is 5.46. The van der Waals surface area contributed by atoms with Gasteiger partial charge in [-0.15, -0.1) is 0 Å². The first-order chi connectivity index (χ1) is 7.74. The minimum absolute atomic E-state index is 0.166. The summed E-state index contributed by atoms with van der Waals surface area (Å²) in [4.78, 5) is 4.10. The highest BCUT2D eigenvalue weighted by Crippen LogP contribution is 2.30. The number of hydrogen-bond donors (Lipinski definition) is 1. The Morgan fingerprint density at radius 2 is 2.25 bits per heavy atom. The van der Waals surface area contributed by atoms with Crippen LogP contribution in [0.4, 0.5) is 6.01 Å². The van der Waals surface area contributed by atoms with Crippen molar-refractivity contribution in [1.29, 1.82) is 0 Å². The molecule has 0 aliphatic heterocycles. The van der Waals surface area contributed by atoms with Crippen molar-refractivity contribution in [1.82, 2.24) is 4.98 Å². The summed E-state index contributed by atoms with van der Waals surface area (Å²) in [6.07, 6.45) is 2.50. The highest BCUT2D eigenvalue weighted by molar-refractivity contribution is 5.68. The predicted molar refractivity (Wildman–Crippen MR) is 62.3 cm³/mol. The van der Waals surface area contributed by atoms with Crippen molar-refractivity contribution >= 4 is 6.01 Å². The maximum atomic E-state index is 5.46. The van der Waals surface area contributed by atoms with Crippen LogP contribution < -0.4 is 10.5 Å². The van der Waals surface area contributed by atoms with E-state index >= 15 is 0 Å². The van der Waals surface area contributed by atoms with Crippen LogP contribution in [0.2, 0.25) is 0 Å². The lowest BCUT2D eigenvalue weighted by atomic mass is 10.1. The normalized spacial score (nSPS) is 10.4. The first-order valence-corrected chi connectivity index (χ1v) is 5.13. The number of nitrogen functional groups attached to an aromatic ring is 1. The van der Waals surface area contributed by atoms with E-state index in [4.69, 9.17) is 14.9 Å². The number of ether oxygens (including phenoxy) is 1. The number of hydrogen-bond acceptors (Lipinski definition) is 4. The minimum atomic E-state index is 0.166. The van der Waals surface area contributed by atoms with Gasteiger partial charge in [0.1, 0.15) is 17.7 Å². The van der Waals surface area contributed by atoms with Gasteiger partial charge in [-0.25, -0.2) is 0 Å². The summed E-state index contributed by atoms with van der Waals surface area (Å²) in [7, 11) is 1.63. The van der Waals surface area contributed by atoms with Crippen LogP contribution in [0.15, 0.2) is 28.9 Å². The number of aromatic nitrogens is 1. The van der Waals surface area contributed by atoms with Gasteiger partial charge in [0.25, 0.3) is 6.01 Å². The molecule has 0 unspecified atom stereocenters. The Balaban J connectivity index is 2.52. The van der Waals surface area contributed by atoms with Crippen LogP contribution in [0, 0.1) is 0 Å².